The molecule has 1 aliphatic rings. The highest BCUT2D eigenvalue weighted by molar-refractivity contribution is 9.10. The van der Waals surface area contributed by atoms with Crippen molar-refractivity contribution in [1.82, 2.24) is 14.9 Å². The number of rotatable bonds is 2. The quantitative estimate of drug-likeness (QED) is 0.920. The predicted molar refractivity (Wildman–Crippen MR) is 76.9 cm³/mol. The number of anilines is 1. The van der Waals surface area contributed by atoms with Crippen LogP contribution in [0.25, 0.3) is 10.9 Å². The highest BCUT2D eigenvalue weighted by atomic mass is 79.9. The van der Waals surface area contributed by atoms with E-state index < -0.39 is 0 Å². The highest BCUT2D eigenvalue weighted by Crippen LogP contribution is 2.25. The molecule has 1 amide bonds. The number of nitrogens with one attached hydrogen (secondary N) is 1. The Kier molecular flexibility index (Phi) is 3.10. The number of benzene rings is 1. The summed E-state index contributed by atoms with van der Waals surface area (Å²) in [7, 11) is 1.82. The van der Waals surface area contributed by atoms with Crippen LogP contribution < -0.4 is 5.32 Å². The van der Waals surface area contributed by atoms with Gasteiger partial charge in [0.25, 0.3) is 0 Å². The average Bonchev–Trinajstić information content (AvgIpc) is 2.71. The van der Waals surface area contributed by atoms with Gasteiger partial charge >= 0.3 is 0 Å². The zero-order chi connectivity index (χ0) is 13.4. The van der Waals surface area contributed by atoms with Gasteiger partial charge in [-0.1, -0.05) is 15.9 Å². The van der Waals surface area contributed by atoms with Gasteiger partial charge < -0.3 is 10.2 Å². The van der Waals surface area contributed by atoms with E-state index in [1.807, 2.05) is 25.2 Å². The molecule has 3 rings (SSSR count). The smallest absolute Gasteiger partial charge is 0.244 e. The van der Waals surface area contributed by atoms with Gasteiger partial charge in [-0.05, 0) is 24.6 Å². The van der Waals surface area contributed by atoms with Crippen molar-refractivity contribution in [3.63, 3.8) is 0 Å². The molecule has 0 aliphatic carbocycles. The van der Waals surface area contributed by atoms with E-state index in [1.165, 1.54) is 6.33 Å². The van der Waals surface area contributed by atoms with Gasteiger partial charge in [0, 0.05) is 23.5 Å². The lowest BCUT2D eigenvalue weighted by Crippen LogP contribution is -2.31. The first-order valence-corrected chi connectivity index (χ1v) is 6.86. The van der Waals surface area contributed by atoms with E-state index in [4.69, 9.17) is 0 Å². The molecule has 1 aromatic heterocycles. The highest BCUT2D eigenvalue weighted by Gasteiger charge is 2.29. The Balaban J connectivity index is 1.97. The van der Waals surface area contributed by atoms with Gasteiger partial charge in [0.1, 0.15) is 18.2 Å². The first kappa shape index (κ1) is 12.3. The number of fused-ring (bicyclic) bond motifs is 1. The van der Waals surface area contributed by atoms with Gasteiger partial charge in [-0.3, -0.25) is 4.79 Å². The normalized spacial score (nSPS) is 19.2. The third kappa shape index (κ3) is 2.28. The molecule has 1 fully saturated rings. The summed E-state index contributed by atoms with van der Waals surface area (Å²) in [5, 5.41) is 4.14. The van der Waals surface area contributed by atoms with Gasteiger partial charge in [-0.15, -0.1) is 0 Å². The Morgan fingerprint density at radius 3 is 3.00 bits per heavy atom. The number of aromatic nitrogens is 2. The van der Waals surface area contributed by atoms with E-state index in [0.29, 0.717) is 5.82 Å². The lowest BCUT2D eigenvalue weighted by molar-refractivity contribution is -0.127. The molecule has 2 aromatic rings. The maximum Gasteiger partial charge on any atom is 0.244 e. The molecule has 1 N–H and O–H groups in total. The van der Waals surface area contributed by atoms with Crippen LogP contribution in [0.4, 0.5) is 5.82 Å². The fraction of sp³-hybridized carbons (Fsp3) is 0.308. The van der Waals surface area contributed by atoms with E-state index in [-0.39, 0.29) is 11.9 Å². The number of halogens is 1. The largest absolute Gasteiger partial charge is 0.358 e. The summed E-state index contributed by atoms with van der Waals surface area (Å²) in [4.78, 5) is 22.1. The molecule has 1 saturated heterocycles. The zero-order valence-electron chi connectivity index (χ0n) is 10.4. The number of hydrogen-bond acceptors (Lipinski definition) is 4. The number of hydrogen-bond donors (Lipinski definition) is 1. The van der Waals surface area contributed by atoms with Crippen molar-refractivity contribution in [3.8, 4) is 0 Å². The Labute approximate surface area is 119 Å². The average molecular weight is 321 g/mol. The fourth-order valence-corrected chi connectivity index (χ4v) is 2.63. The number of nitrogens with zero attached hydrogens (tertiary/aromatic N) is 3. The Morgan fingerprint density at radius 1 is 1.42 bits per heavy atom. The molecule has 1 aromatic carbocycles. The summed E-state index contributed by atoms with van der Waals surface area (Å²) in [6, 6.07) is 5.63. The van der Waals surface area contributed by atoms with Crippen molar-refractivity contribution < 1.29 is 4.79 Å². The number of amides is 1. The van der Waals surface area contributed by atoms with Crippen LogP contribution in [0.1, 0.15) is 6.42 Å². The van der Waals surface area contributed by atoms with Crippen LogP contribution in [0.5, 0.6) is 0 Å². The number of likely N-dealkylation sites (tertiary alicyclic amines) is 1. The SMILES string of the molecule is CN1CCC(Nc2ncnc3ccc(Br)cc23)C1=O. The van der Waals surface area contributed by atoms with E-state index >= 15 is 0 Å². The van der Waals surface area contributed by atoms with Crippen molar-refractivity contribution in [2.24, 2.45) is 0 Å². The second-order valence-corrected chi connectivity index (χ2v) is 5.54. The Morgan fingerprint density at radius 2 is 2.26 bits per heavy atom. The van der Waals surface area contributed by atoms with E-state index in [2.05, 4.69) is 31.2 Å². The molecule has 0 bridgehead atoms. The van der Waals surface area contributed by atoms with Gasteiger partial charge in [0.2, 0.25) is 5.91 Å². The maximum atomic E-state index is 11.9. The summed E-state index contributed by atoms with van der Waals surface area (Å²) in [5.74, 6) is 0.821. The fourth-order valence-electron chi connectivity index (χ4n) is 2.27. The number of carbonyl (C=O) groups is 1. The van der Waals surface area contributed by atoms with Crippen LogP contribution in [-0.4, -0.2) is 40.4 Å². The van der Waals surface area contributed by atoms with Crippen LogP contribution in [0, 0.1) is 0 Å². The second kappa shape index (κ2) is 4.77. The van der Waals surface area contributed by atoms with E-state index in [9.17, 15) is 4.79 Å². The number of likely N-dealkylation sites (N-methyl/N-ethyl adjacent to an activating group) is 1. The molecule has 6 heteroatoms. The summed E-state index contributed by atoms with van der Waals surface area (Å²) in [6.45, 7) is 0.781. The minimum Gasteiger partial charge on any atom is -0.358 e. The molecule has 2 heterocycles. The summed E-state index contributed by atoms with van der Waals surface area (Å²) in [6.07, 6.45) is 2.32. The molecular weight excluding hydrogens is 308 g/mol. The first-order chi connectivity index (χ1) is 9.15. The monoisotopic (exact) mass is 320 g/mol. The first-order valence-electron chi connectivity index (χ1n) is 6.07. The van der Waals surface area contributed by atoms with Crippen molar-refractivity contribution in [2.45, 2.75) is 12.5 Å². The molecule has 0 saturated carbocycles. The molecule has 98 valence electrons. The number of carbonyl (C=O) groups excluding carboxylic acids is 1. The van der Waals surface area contributed by atoms with Crippen LogP contribution in [0.3, 0.4) is 0 Å². The third-order valence-corrected chi connectivity index (χ3v) is 3.83. The van der Waals surface area contributed by atoms with Crippen molar-refractivity contribution in [1.29, 1.82) is 0 Å². The molecule has 1 aliphatic heterocycles. The topological polar surface area (TPSA) is 58.1 Å². The van der Waals surface area contributed by atoms with Gasteiger partial charge in [-0.25, -0.2) is 9.97 Å². The second-order valence-electron chi connectivity index (χ2n) is 4.63. The minimum atomic E-state index is -0.193. The van der Waals surface area contributed by atoms with Gasteiger partial charge in [0.15, 0.2) is 0 Å². The molecule has 1 atom stereocenters. The molecule has 1 unspecified atom stereocenters. The Hall–Kier alpha value is -1.69. The van der Waals surface area contributed by atoms with Crippen LogP contribution in [0.15, 0.2) is 29.0 Å². The van der Waals surface area contributed by atoms with E-state index in [0.717, 1.165) is 28.3 Å². The van der Waals surface area contributed by atoms with Crippen LogP contribution in [0.2, 0.25) is 0 Å². The van der Waals surface area contributed by atoms with Crippen LogP contribution in [-0.2, 0) is 4.79 Å². The molecule has 5 nitrogen and oxygen atoms in total. The Bertz CT molecular complexity index is 646. The lowest BCUT2D eigenvalue weighted by Gasteiger charge is -2.14. The molecular formula is C13H13BrN4O. The molecule has 19 heavy (non-hydrogen) atoms. The minimum absolute atomic E-state index is 0.113. The molecule has 0 radical (unpaired) electrons. The zero-order valence-corrected chi connectivity index (χ0v) is 12.0. The van der Waals surface area contributed by atoms with Crippen molar-refractivity contribution in [2.75, 3.05) is 18.9 Å². The van der Waals surface area contributed by atoms with Crippen molar-refractivity contribution in [3.05, 3.63) is 29.0 Å². The third-order valence-electron chi connectivity index (χ3n) is 3.34. The summed E-state index contributed by atoms with van der Waals surface area (Å²) >= 11 is 3.44. The summed E-state index contributed by atoms with van der Waals surface area (Å²) < 4.78 is 0.965. The van der Waals surface area contributed by atoms with E-state index in [1.54, 1.807) is 4.90 Å². The van der Waals surface area contributed by atoms with Gasteiger partial charge in [-0.2, -0.15) is 0 Å². The van der Waals surface area contributed by atoms with Crippen molar-refractivity contribution >= 4 is 38.6 Å². The maximum absolute atomic E-state index is 11.9. The predicted octanol–water partition coefficient (Wildman–Crippen LogP) is 2.03. The lowest BCUT2D eigenvalue weighted by atomic mass is 10.2. The molecule has 0 spiro atoms. The summed E-state index contributed by atoms with van der Waals surface area (Å²) in [5.41, 5.74) is 0.861. The van der Waals surface area contributed by atoms with Gasteiger partial charge in [0.05, 0.1) is 5.52 Å². The standard InChI is InChI=1S/C13H13BrN4O/c1-18-5-4-11(13(18)19)17-12-9-6-8(14)2-3-10(9)15-7-16-12/h2-3,6-7,11H,4-5H2,1H3,(H,15,16,17). The van der Waals surface area contributed by atoms with Crippen LogP contribution >= 0.6 is 15.9 Å².